The van der Waals surface area contributed by atoms with Crippen LogP contribution < -0.4 is 5.32 Å². The molecular weight excluding hydrogens is 283 g/mol. The predicted octanol–water partition coefficient (Wildman–Crippen LogP) is 2.65. The molecule has 2 amide bonds. The van der Waals surface area contributed by atoms with Gasteiger partial charge in [0.2, 0.25) is 11.8 Å². The summed E-state index contributed by atoms with van der Waals surface area (Å²) in [5.41, 5.74) is 0.786. The van der Waals surface area contributed by atoms with Crippen LogP contribution in [0.4, 0.5) is 4.39 Å². The van der Waals surface area contributed by atoms with Crippen molar-refractivity contribution in [1.82, 2.24) is 10.2 Å². The van der Waals surface area contributed by atoms with E-state index in [1.165, 1.54) is 17.0 Å². The second-order valence-corrected chi connectivity index (χ2v) is 5.11. The molecule has 0 aliphatic carbocycles. The van der Waals surface area contributed by atoms with Gasteiger partial charge in [-0.1, -0.05) is 25.1 Å². The molecule has 0 saturated carbocycles. The van der Waals surface area contributed by atoms with E-state index < -0.39 is 6.04 Å². The van der Waals surface area contributed by atoms with Crippen molar-refractivity contribution >= 4 is 11.8 Å². The van der Waals surface area contributed by atoms with Crippen LogP contribution in [0.5, 0.6) is 0 Å². The number of benzene rings is 1. The third-order valence-corrected chi connectivity index (χ3v) is 3.32. The van der Waals surface area contributed by atoms with Gasteiger partial charge in [-0.2, -0.15) is 0 Å². The van der Waals surface area contributed by atoms with Crippen molar-refractivity contribution in [2.45, 2.75) is 39.3 Å². The summed E-state index contributed by atoms with van der Waals surface area (Å²) >= 11 is 0. The molecule has 1 aromatic rings. The molecule has 0 radical (unpaired) electrons. The van der Waals surface area contributed by atoms with E-state index in [2.05, 4.69) is 11.9 Å². The third kappa shape index (κ3) is 5.31. The maximum absolute atomic E-state index is 13.0. The first-order valence-electron chi connectivity index (χ1n) is 7.42. The number of halogens is 1. The van der Waals surface area contributed by atoms with Gasteiger partial charge in [-0.25, -0.2) is 4.39 Å². The SMILES string of the molecule is C=CCNC(=O)[C@@H](C)N(Cc1ccc(F)cc1)C(=O)CCC. The summed E-state index contributed by atoms with van der Waals surface area (Å²) in [6.45, 7) is 7.79. The van der Waals surface area contributed by atoms with E-state index in [1.54, 1.807) is 25.1 Å². The number of hydrogen-bond acceptors (Lipinski definition) is 2. The lowest BCUT2D eigenvalue weighted by molar-refractivity contribution is -0.140. The first-order valence-corrected chi connectivity index (χ1v) is 7.42. The van der Waals surface area contributed by atoms with E-state index in [9.17, 15) is 14.0 Å². The van der Waals surface area contributed by atoms with Gasteiger partial charge in [0.25, 0.3) is 0 Å². The molecule has 0 unspecified atom stereocenters. The normalized spacial score (nSPS) is 11.6. The fraction of sp³-hybridized carbons (Fsp3) is 0.412. The molecule has 0 bridgehead atoms. The van der Waals surface area contributed by atoms with Gasteiger partial charge in [-0.3, -0.25) is 9.59 Å². The molecule has 0 saturated heterocycles. The summed E-state index contributed by atoms with van der Waals surface area (Å²) in [5, 5.41) is 2.69. The highest BCUT2D eigenvalue weighted by molar-refractivity contribution is 5.87. The monoisotopic (exact) mass is 306 g/mol. The molecule has 0 heterocycles. The summed E-state index contributed by atoms with van der Waals surface area (Å²) in [6, 6.07) is 5.34. The standard InChI is InChI=1S/C17H23FN2O2/c1-4-6-16(21)20(13(3)17(22)19-11-5-2)12-14-7-9-15(18)10-8-14/h5,7-10,13H,2,4,6,11-12H2,1,3H3,(H,19,22)/t13-/m1/s1. The van der Waals surface area contributed by atoms with Gasteiger partial charge < -0.3 is 10.2 Å². The Labute approximate surface area is 131 Å². The molecule has 1 N–H and O–H groups in total. The van der Waals surface area contributed by atoms with Crippen molar-refractivity contribution in [3.8, 4) is 0 Å². The van der Waals surface area contributed by atoms with Crippen LogP contribution in [-0.2, 0) is 16.1 Å². The van der Waals surface area contributed by atoms with Gasteiger partial charge in [-0.05, 0) is 31.0 Å². The molecule has 1 rings (SSSR count). The quantitative estimate of drug-likeness (QED) is 0.751. The number of amides is 2. The molecule has 5 heteroatoms. The molecule has 0 spiro atoms. The Morgan fingerprint density at radius 3 is 2.55 bits per heavy atom. The zero-order valence-corrected chi connectivity index (χ0v) is 13.1. The van der Waals surface area contributed by atoms with Gasteiger partial charge >= 0.3 is 0 Å². The lowest BCUT2D eigenvalue weighted by atomic mass is 10.1. The Hall–Kier alpha value is -2.17. The zero-order chi connectivity index (χ0) is 16.5. The van der Waals surface area contributed by atoms with E-state index >= 15 is 0 Å². The number of carbonyl (C=O) groups is 2. The largest absolute Gasteiger partial charge is 0.351 e. The summed E-state index contributed by atoms with van der Waals surface area (Å²) < 4.78 is 13.0. The van der Waals surface area contributed by atoms with Gasteiger partial charge in [0.1, 0.15) is 11.9 Å². The molecule has 120 valence electrons. The van der Waals surface area contributed by atoms with Crippen LogP contribution in [0.2, 0.25) is 0 Å². The van der Waals surface area contributed by atoms with Crippen molar-refractivity contribution in [3.05, 3.63) is 48.3 Å². The number of carbonyl (C=O) groups excluding carboxylic acids is 2. The van der Waals surface area contributed by atoms with Crippen LogP contribution in [0.1, 0.15) is 32.3 Å². The highest BCUT2D eigenvalue weighted by Crippen LogP contribution is 2.12. The minimum atomic E-state index is -0.593. The van der Waals surface area contributed by atoms with Crippen molar-refractivity contribution in [2.24, 2.45) is 0 Å². The van der Waals surface area contributed by atoms with E-state index in [1.807, 2.05) is 6.92 Å². The first-order chi connectivity index (χ1) is 10.5. The lowest BCUT2D eigenvalue weighted by Crippen LogP contribution is -2.47. The van der Waals surface area contributed by atoms with Crippen molar-refractivity contribution < 1.29 is 14.0 Å². The van der Waals surface area contributed by atoms with Crippen LogP contribution >= 0.6 is 0 Å². The first kappa shape index (κ1) is 17.9. The lowest BCUT2D eigenvalue weighted by Gasteiger charge is -2.28. The summed E-state index contributed by atoms with van der Waals surface area (Å²) in [4.78, 5) is 25.9. The Bertz CT molecular complexity index is 514. The average Bonchev–Trinajstić information content (AvgIpc) is 2.51. The molecular formula is C17H23FN2O2. The predicted molar refractivity (Wildman–Crippen MR) is 84.5 cm³/mol. The van der Waals surface area contributed by atoms with Crippen LogP contribution in [0, 0.1) is 5.82 Å². The molecule has 0 aliphatic heterocycles. The number of nitrogens with zero attached hydrogens (tertiary/aromatic N) is 1. The average molecular weight is 306 g/mol. The van der Waals surface area contributed by atoms with Gasteiger partial charge in [-0.15, -0.1) is 6.58 Å². The van der Waals surface area contributed by atoms with Crippen LogP contribution in [0.3, 0.4) is 0 Å². The topological polar surface area (TPSA) is 49.4 Å². The smallest absolute Gasteiger partial charge is 0.242 e. The summed E-state index contributed by atoms with van der Waals surface area (Å²) in [5.74, 6) is -0.647. The molecule has 0 aliphatic rings. The van der Waals surface area contributed by atoms with E-state index in [4.69, 9.17) is 0 Å². The second-order valence-electron chi connectivity index (χ2n) is 5.11. The van der Waals surface area contributed by atoms with E-state index in [-0.39, 0.29) is 24.2 Å². The Morgan fingerprint density at radius 2 is 2.00 bits per heavy atom. The summed E-state index contributed by atoms with van der Waals surface area (Å²) in [6.07, 6.45) is 2.67. The fourth-order valence-electron chi connectivity index (χ4n) is 2.05. The molecule has 22 heavy (non-hydrogen) atoms. The number of nitrogens with one attached hydrogen (secondary N) is 1. The third-order valence-electron chi connectivity index (χ3n) is 3.32. The van der Waals surface area contributed by atoms with E-state index in [0.717, 1.165) is 5.56 Å². The van der Waals surface area contributed by atoms with Crippen LogP contribution in [-0.4, -0.2) is 29.3 Å². The number of hydrogen-bond donors (Lipinski definition) is 1. The fourth-order valence-corrected chi connectivity index (χ4v) is 2.05. The summed E-state index contributed by atoms with van der Waals surface area (Å²) in [7, 11) is 0. The Kier molecular flexibility index (Phi) is 7.29. The zero-order valence-electron chi connectivity index (χ0n) is 13.1. The minimum Gasteiger partial charge on any atom is -0.351 e. The highest BCUT2D eigenvalue weighted by atomic mass is 19.1. The van der Waals surface area contributed by atoms with Crippen LogP contribution in [0.25, 0.3) is 0 Å². The number of rotatable bonds is 8. The maximum Gasteiger partial charge on any atom is 0.242 e. The molecule has 1 atom stereocenters. The Balaban J connectivity index is 2.87. The molecule has 0 aromatic heterocycles. The Morgan fingerprint density at radius 1 is 1.36 bits per heavy atom. The minimum absolute atomic E-state index is 0.0897. The molecule has 1 aromatic carbocycles. The van der Waals surface area contributed by atoms with E-state index in [0.29, 0.717) is 19.4 Å². The molecule has 4 nitrogen and oxygen atoms in total. The van der Waals surface area contributed by atoms with Crippen molar-refractivity contribution in [1.29, 1.82) is 0 Å². The van der Waals surface area contributed by atoms with Gasteiger partial charge in [0, 0.05) is 19.5 Å². The highest BCUT2D eigenvalue weighted by Gasteiger charge is 2.25. The van der Waals surface area contributed by atoms with Crippen molar-refractivity contribution in [2.75, 3.05) is 6.54 Å². The van der Waals surface area contributed by atoms with Gasteiger partial charge in [0.05, 0.1) is 0 Å². The maximum atomic E-state index is 13.0. The van der Waals surface area contributed by atoms with Crippen molar-refractivity contribution in [3.63, 3.8) is 0 Å². The molecule has 0 fully saturated rings. The van der Waals surface area contributed by atoms with Crippen LogP contribution in [0.15, 0.2) is 36.9 Å². The second kappa shape index (κ2) is 8.97. The van der Waals surface area contributed by atoms with Gasteiger partial charge in [0.15, 0.2) is 0 Å².